The van der Waals surface area contributed by atoms with Crippen molar-refractivity contribution >= 4 is 0 Å². The fourth-order valence-electron chi connectivity index (χ4n) is 2.93. The molecular weight excluding hydrogens is 248 g/mol. The van der Waals surface area contributed by atoms with E-state index in [0.29, 0.717) is 6.61 Å². The van der Waals surface area contributed by atoms with Gasteiger partial charge in [0.05, 0.1) is 6.61 Å². The quantitative estimate of drug-likeness (QED) is 0.917. The second kappa shape index (κ2) is 5.68. The van der Waals surface area contributed by atoms with E-state index in [2.05, 4.69) is 12.1 Å². The van der Waals surface area contributed by atoms with Gasteiger partial charge in [0.15, 0.2) is 0 Å². The standard InChI is InChI=1S/C18H20O2/c1-2-20-17-9-4-3-8-16(17)18(19)15-11-10-13-6-5-7-14(13)12-15/h3-4,8-12,18-19H,2,5-7H2,1H3. The molecular formula is C18H20O2. The second-order valence-corrected chi connectivity index (χ2v) is 5.26. The molecule has 0 heterocycles. The number of fused-ring (bicyclic) bond motifs is 1. The first-order valence-electron chi connectivity index (χ1n) is 7.31. The average Bonchev–Trinajstić information content (AvgIpc) is 2.95. The topological polar surface area (TPSA) is 29.5 Å². The number of aryl methyl sites for hydroxylation is 2. The van der Waals surface area contributed by atoms with Gasteiger partial charge in [-0.1, -0.05) is 36.4 Å². The van der Waals surface area contributed by atoms with Crippen LogP contribution in [0.25, 0.3) is 0 Å². The molecule has 0 aliphatic heterocycles. The third kappa shape index (κ3) is 2.44. The van der Waals surface area contributed by atoms with Crippen LogP contribution in [0.15, 0.2) is 42.5 Å². The summed E-state index contributed by atoms with van der Waals surface area (Å²) in [5, 5.41) is 10.7. The Bertz CT molecular complexity index is 604. The van der Waals surface area contributed by atoms with E-state index in [-0.39, 0.29) is 0 Å². The summed E-state index contributed by atoms with van der Waals surface area (Å²) in [7, 11) is 0. The van der Waals surface area contributed by atoms with Crippen molar-refractivity contribution in [2.24, 2.45) is 0 Å². The lowest BCUT2D eigenvalue weighted by atomic mass is 9.97. The van der Waals surface area contributed by atoms with Gasteiger partial charge in [0.1, 0.15) is 11.9 Å². The predicted molar refractivity (Wildman–Crippen MR) is 80.1 cm³/mol. The molecule has 1 aliphatic carbocycles. The largest absolute Gasteiger partial charge is 0.493 e. The molecule has 0 spiro atoms. The highest BCUT2D eigenvalue weighted by Gasteiger charge is 2.18. The number of para-hydroxylation sites is 1. The molecule has 0 radical (unpaired) electrons. The van der Waals surface area contributed by atoms with Crippen molar-refractivity contribution in [3.63, 3.8) is 0 Å². The van der Waals surface area contributed by atoms with Gasteiger partial charge in [-0.05, 0) is 48.9 Å². The summed E-state index contributed by atoms with van der Waals surface area (Å²) in [4.78, 5) is 0. The van der Waals surface area contributed by atoms with Crippen LogP contribution >= 0.6 is 0 Å². The number of ether oxygens (including phenoxy) is 1. The molecule has 1 aliphatic rings. The molecule has 1 N–H and O–H groups in total. The highest BCUT2D eigenvalue weighted by atomic mass is 16.5. The highest BCUT2D eigenvalue weighted by Crippen LogP contribution is 2.32. The Kier molecular flexibility index (Phi) is 3.75. The van der Waals surface area contributed by atoms with E-state index in [9.17, 15) is 5.11 Å². The van der Waals surface area contributed by atoms with Crippen LogP contribution in [0.4, 0.5) is 0 Å². The Morgan fingerprint density at radius 2 is 1.90 bits per heavy atom. The zero-order chi connectivity index (χ0) is 13.9. The van der Waals surface area contributed by atoms with Crippen LogP contribution in [0.5, 0.6) is 5.75 Å². The minimum Gasteiger partial charge on any atom is -0.493 e. The lowest BCUT2D eigenvalue weighted by Gasteiger charge is -2.16. The summed E-state index contributed by atoms with van der Waals surface area (Å²) in [5.41, 5.74) is 4.61. The smallest absolute Gasteiger partial charge is 0.125 e. The van der Waals surface area contributed by atoms with E-state index in [0.717, 1.165) is 23.3 Å². The van der Waals surface area contributed by atoms with Crippen molar-refractivity contribution in [2.45, 2.75) is 32.3 Å². The third-order valence-corrected chi connectivity index (χ3v) is 3.95. The van der Waals surface area contributed by atoms with E-state index < -0.39 is 6.10 Å². The Morgan fingerprint density at radius 1 is 1.10 bits per heavy atom. The number of aliphatic hydroxyl groups is 1. The summed E-state index contributed by atoms with van der Waals surface area (Å²) in [6, 6.07) is 14.1. The van der Waals surface area contributed by atoms with E-state index >= 15 is 0 Å². The molecule has 0 saturated heterocycles. The first-order valence-corrected chi connectivity index (χ1v) is 7.31. The monoisotopic (exact) mass is 268 g/mol. The molecule has 20 heavy (non-hydrogen) atoms. The summed E-state index contributed by atoms with van der Waals surface area (Å²) in [6.45, 7) is 2.56. The van der Waals surface area contributed by atoms with Crippen LogP contribution in [0, 0.1) is 0 Å². The molecule has 2 aromatic carbocycles. The van der Waals surface area contributed by atoms with Crippen LogP contribution in [-0.2, 0) is 12.8 Å². The first-order chi connectivity index (χ1) is 9.79. The highest BCUT2D eigenvalue weighted by molar-refractivity contribution is 5.43. The normalized spacial score (nSPS) is 14.9. The molecule has 3 rings (SSSR count). The maximum absolute atomic E-state index is 10.7. The molecule has 0 bridgehead atoms. The van der Waals surface area contributed by atoms with Gasteiger partial charge in [-0.25, -0.2) is 0 Å². The van der Waals surface area contributed by atoms with Gasteiger partial charge in [-0.3, -0.25) is 0 Å². The zero-order valence-corrected chi connectivity index (χ0v) is 11.8. The number of aliphatic hydroxyl groups excluding tert-OH is 1. The number of hydrogen-bond acceptors (Lipinski definition) is 2. The lowest BCUT2D eigenvalue weighted by Crippen LogP contribution is -2.04. The molecule has 0 saturated carbocycles. The van der Waals surface area contributed by atoms with Crippen LogP contribution in [0.2, 0.25) is 0 Å². The maximum atomic E-state index is 10.7. The van der Waals surface area contributed by atoms with Crippen molar-refractivity contribution in [1.29, 1.82) is 0 Å². The molecule has 2 aromatic rings. The van der Waals surface area contributed by atoms with Crippen molar-refractivity contribution in [3.05, 3.63) is 64.7 Å². The van der Waals surface area contributed by atoms with Gasteiger partial charge in [-0.15, -0.1) is 0 Å². The van der Waals surface area contributed by atoms with Crippen molar-refractivity contribution < 1.29 is 9.84 Å². The SMILES string of the molecule is CCOc1ccccc1C(O)c1ccc2c(c1)CCC2. The summed E-state index contributed by atoms with van der Waals surface area (Å²) in [5.74, 6) is 0.767. The molecule has 0 amide bonds. The van der Waals surface area contributed by atoms with Crippen molar-refractivity contribution in [1.82, 2.24) is 0 Å². The van der Waals surface area contributed by atoms with Crippen molar-refractivity contribution in [3.8, 4) is 5.75 Å². The second-order valence-electron chi connectivity index (χ2n) is 5.26. The van der Waals surface area contributed by atoms with E-state index in [1.165, 1.54) is 24.0 Å². The van der Waals surface area contributed by atoms with Crippen LogP contribution in [0.1, 0.15) is 41.7 Å². The van der Waals surface area contributed by atoms with Crippen molar-refractivity contribution in [2.75, 3.05) is 6.61 Å². The van der Waals surface area contributed by atoms with Gasteiger partial charge in [0.25, 0.3) is 0 Å². The molecule has 0 aromatic heterocycles. The Balaban J connectivity index is 1.94. The van der Waals surface area contributed by atoms with Gasteiger partial charge >= 0.3 is 0 Å². The fraction of sp³-hybridized carbons (Fsp3) is 0.333. The molecule has 1 unspecified atom stereocenters. The van der Waals surface area contributed by atoms with E-state index in [1.807, 2.05) is 37.3 Å². The lowest BCUT2D eigenvalue weighted by molar-refractivity contribution is 0.212. The Labute approximate surface area is 120 Å². The zero-order valence-electron chi connectivity index (χ0n) is 11.8. The predicted octanol–water partition coefficient (Wildman–Crippen LogP) is 3.66. The Hall–Kier alpha value is -1.80. The molecule has 2 nitrogen and oxygen atoms in total. The van der Waals surface area contributed by atoms with Gasteiger partial charge in [0.2, 0.25) is 0 Å². The average molecular weight is 268 g/mol. The maximum Gasteiger partial charge on any atom is 0.125 e. The van der Waals surface area contributed by atoms with Gasteiger partial charge in [0, 0.05) is 5.56 Å². The van der Waals surface area contributed by atoms with E-state index in [4.69, 9.17) is 4.74 Å². The van der Waals surface area contributed by atoms with Gasteiger partial charge in [-0.2, -0.15) is 0 Å². The summed E-state index contributed by atoms with van der Waals surface area (Å²) < 4.78 is 5.61. The molecule has 104 valence electrons. The number of benzene rings is 2. The third-order valence-electron chi connectivity index (χ3n) is 3.95. The number of hydrogen-bond donors (Lipinski definition) is 1. The minimum atomic E-state index is -0.622. The van der Waals surface area contributed by atoms with Crippen LogP contribution in [-0.4, -0.2) is 11.7 Å². The van der Waals surface area contributed by atoms with Crippen LogP contribution < -0.4 is 4.74 Å². The Morgan fingerprint density at radius 3 is 2.75 bits per heavy atom. The fourth-order valence-corrected chi connectivity index (χ4v) is 2.93. The van der Waals surface area contributed by atoms with E-state index in [1.54, 1.807) is 0 Å². The summed E-state index contributed by atoms with van der Waals surface area (Å²) in [6.07, 6.45) is 2.90. The number of rotatable bonds is 4. The molecule has 0 fully saturated rings. The van der Waals surface area contributed by atoms with Gasteiger partial charge < -0.3 is 9.84 Å². The minimum absolute atomic E-state index is 0.605. The molecule has 1 atom stereocenters. The molecule has 2 heteroatoms. The summed E-state index contributed by atoms with van der Waals surface area (Å²) >= 11 is 0. The first kappa shape index (κ1) is 13.2. The van der Waals surface area contributed by atoms with Crippen LogP contribution in [0.3, 0.4) is 0 Å².